The summed E-state index contributed by atoms with van der Waals surface area (Å²) in [6, 6.07) is 0.722. The van der Waals surface area contributed by atoms with Gasteiger partial charge in [-0.05, 0) is 59.9 Å². The molecule has 0 aromatic rings. The van der Waals surface area contributed by atoms with Crippen LogP contribution in [-0.2, 0) is 0 Å². The smallest absolute Gasteiger partial charge is 0.0225 e. The van der Waals surface area contributed by atoms with Crippen molar-refractivity contribution in [3.05, 3.63) is 11.6 Å². The zero-order valence-corrected chi connectivity index (χ0v) is 13.6. The van der Waals surface area contributed by atoms with Gasteiger partial charge in [-0.25, -0.2) is 0 Å². The van der Waals surface area contributed by atoms with Crippen molar-refractivity contribution >= 4 is 11.8 Å². The molecule has 0 aromatic carbocycles. The number of likely N-dealkylation sites (tertiary alicyclic amines) is 1. The summed E-state index contributed by atoms with van der Waals surface area (Å²) in [4.78, 5) is 2.56. The van der Waals surface area contributed by atoms with Gasteiger partial charge in [-0.2, -0.15) is 11.8 Å². The van der Waals surface area contributed by atoms with Gasteiger partial charge in [-0.15, -0.1) is 0 Å². The van der Waals surface area contributed by atoms with Crippen LogP contribution in [0, 0.1) is 0 Å². The Kier molecular flexibility index (Phi) is 6.75. The molecule has 106 valence electrons. The zero-order chi connectivity index (χ0) is 13.6. The van der Waals surface area contributed by atoms with Gasteiger partial charge < -0.3 is 5.32 Å². The molecule has 0 radical (unpaired) electrons. The van der Waals surface area contributed by atoms with Gasteiger partial charge in [0, 0.05) is 23.9 Å². The summed E-state index contributed by atoms with van der Waals surface area (Å²) in [6.45, 7) is 13.7. The quantitative estimate of drug-likeness (QED) is 0.747. The third kappa shape index (κ3) is 6.26. The zero-order valence-electron chi connectivity index (χ0n) is 12.8. The van der Waals surface area contributed by atoms with Crippen LogP contribution < -0.4 is 5.32 Å². The minimum Gasteiger partial charge on any atom is -0.313 e. The van der Waals surface area contributed by atoms with E-state index in [9.17, 15) is 0 Å². The van der Waals surface area contributed by atoms with E-state index in [0.717, 1.165) is 19.1 Å². The average Bonchev–Trinajstić information content (AvgIpc) is 2.35. The maximum absolute atomic E-state index is 3.74. The first-order valence-corrected chi connectivity index (χ1v) is 8.30. The summed E-state index contributed by atoms with van der Waals surface area (Å²) >= 11 is 1.95. The van der Waals surface area contributed by atoms with Crippen LogP contribution in [0.5, 0.6) is 0 Å². The molecular weight excluding hydrogens is 240 g/mol. The third-order valence-electron chi connectivity index (χ3n) is 3.71. The van der Waals surface area contributed by atoms with E-state index in [-0.39, 0.29) is 0 Å². The molecule has 0 amide bonds. The van der Waals surface area contributed by atoms with E-state index in [4.69, 9.17) is 0 Å². The van der Waals surface area contributed by atoms with E-state index in [1.807, 2.05) is 11.8 Å². The van der Waals surface area contributed by atoms with Gasteiger partial charge >= 0.3 is 0 Å². The van der Waals surface area contributed by atoms with E-state index in [1.54, 1.807) is 0 Å². The maximum atomic E-state index is 3.74. The first-order chi connectivity index (χ1) is 8.43. The lowest BCUT2D eigenvalue weighted by Crippen LogP contribution is -2.45. The Morgan fingerprint density at radius 1 is 1.33 bits per heavy atom. The van der Waals surface area contributed by atoms with E-state index in [2.05, 4.69) is 50.2 Å². The molecule has 0 aliphatic carbocycles. The molecule has 0 bridgehead atoms. The molecule has 1 saturated heterocycles. The molecule has 18 heavy (non-hydrogen) atoms. The highest BCUT2D eigenvalue weighted by molar-refractivity contribution is 7.99. The monoisotopic (exact) mass is 270 g/mol. The predicted molar refractivity (Wildman–Crippen MR) is 84.5 cm³/mol. The molecular formula is C15H30N2S. The number of nitrogens with one attached hydrogen (secondary N) is 1. The molecule has 0 saturated carbocycles. The molecule has 2 nitrogen and oxygen atoms in total. The van der Waals surface area contributed by atoms with Crippen molar-refractivity contribution in [1.82, 2.24) is 10.2 Å². The summed E-state index contributed by atoms with van der Waals surface area (Å²) < 4.78 is 0.360. The molecule has 1 aliphatic heterocycles. The van der Waals surface area contributed by atoms with Crippen molar-refractivity contribution in [2.75, 3.05) is 32.4 Å². The fourth-order valence-corrected chi connectivity index (χ4v) is 2.32. The van der Waals surface area contributed by atoms with Gasteiger partial charge in [-0.3, -0.25) is 4.90 Å². The molecule has 1 aliphatic rings. The lowest BCUT2D eigenvalue weighted by Gasteiger charge is -2.34. The SMILES string of the molecule is CSC(C)(C)CNC1CCN(CC=C(C)C)CC1. The number of hydrogen-bond donors (Lipinski definition) is 1. The molecule has 0 unspecified atom stereocenters. The molecule has 1 rings (SSSR count). The van der Waals surface area contributed by atoms with Crippen molar-refractivity contribution in [3.63, 3.8) is 0 Å². The first kappa shape index (κ1) is 16.1. The van der Waals surface area contributed by atoms with Gasteiger partial charge in [-0.1, -0.05) is 11.6 Å². The fraction of sp³-hybridized carbons (Fsp3) is 0.867. The summed E-state index contributed by atoms with van der Waals surface area (Å²) in [6.07, 6.45) is 7.12. The molecule has 3 heteroatoms. The highest BCUT2D eigenvalue weighted by Gasteiger charge is 2.21. The summed E-state index contributed by atoms with van der Waals surface area (Å²) in [5.41, 5.74) is 1.43. The number of hydrogen-bond acceptors (Lipinski definition) is 3. The molecule has 1 N–H and O–H groups in total. The Morgan fingerprint density at radius 2 is 1.94 bits per heavy atom. The van der Waals surface area contributed by atoms with Crippen molar-refractivity contribution in [3.8, 4) is 0 Å². The Balaban J connectivity index is 2.21. The standard InChI is InChI=1S/C15H30N2S/c1-13(2)6-9-17-10-7-14(8-11-17)16-12-15(3,4)18-5/h6,14,16H,7-12H2,1-5H3. The number of thioether (sulfide) groups is 1. The minimum atomic E-state index is 0.360. The number of piperidine rings is 1. The minimum absolute atomic E-state index is 0.360. The van der Waals surface area contributed by atoms with Gasteiger partial charge in [0.05, 0.1) is 0 Å². The molecule has 0 atom stereocenters. The van der Waals surface area contributed by atoms with Gasteiger partial charge in [0.1, 0.15) is 0 Å². The average molecular weight is 270 g/mol. The predicted octanol–water partition coefficient (Wildman–Crippen LogP) is 3.15. The Hall–Kier alpha value is 0.0100. The van der Waals surface area contributed by atoms with E-state index in [0.29, 0.717) is 4.75 Å². The van der Waals surface area contributed by atoms with Crippen LogP contribution in [0.1, 0.15) is 40.5 Å². The van der Waals surface area contributed by atoms with Crippen LogP contribution in [0.2, 0.25) is 0 Å². The van der Waals surface area contributed by atoms with Crippen molar-refractivity contribution in [2.24, 2.45) is 0 Å². The highest BCUT2D eigenvalue weighted by Crippen LogP contribution is 2.20. The molecule has 1 heterocycles. The highest BCUT2D eigenvalue weighted by atomic mass is 32.2. The second-order valence-electron chi connectivity index (χ2n) is 6.20. The number of rotatable bonds is 6. The third-order valence-corrected chi connectivity index (χ3v) is 4.96. The lowest BCUT2D eigenvalue weighted by atomic mass is 10.0. The largest absolute Gasteiger partial charge is 0.313 e. The van der Waals surface area contributed by atoms with Crippen molar-refractivity contribution in [1.29, 1.82) is 0 Å². The summed E-state index contributed by atoms with van der Waals surface area (Å²) in [5.74, 6) is 0. The van der Waals surface area contributed by atoms with Gasteiger partial charge in [0.2, 0.25) is 0 Å². The second-order valence-corrected chi connectivity index (χ2v) is 7.71. The van der Waals surface area contributed by atoms with Crippen LogP contribution in [0.3, 0.4) is 0 Å². The molecule has 0 spiro atoms. The van der Waals surface area contributed by atoms with Gasteiger partial charge in [0.25, 0.3) is 0 Å². The normalized spacial score (nSPS) is 18.9. The fourth-order valence-electron chi connectivity index (χ4n) is 2.09. The van der Waals surface area contributed by atoms with E-state index in [1.165, 1.54) is 31.5 Å². The summed E-state index contributed by atoms with van der Waals surface area (Å²) in [5, 5.41) is 3.74. The Morgan fingerprint density at radius 3 is 2.44 bits per heavy atom. The van der Waals surface area contributed by atoms with Gasteiger partial charge in [0.15, 0.2) is 0 Å². The van der Waals surface area contributed by atoms with Crippen molar-refractivity contribution < 1.29 is 0 Å². The first-order valence-electron chi connectivity index (χ1n) is 7.07. The number of allylic oxidation sites excluding steroid dienone is 1. The van der Waals surface area contributed by atoms with E-state index < -0.39 is 0 Å². The van der Waals surface area contributed by atoms with E-state index >= 15 is 0 Å². The van der Waals surface area contributed by atoms with Crippen molar-refractivity contribution in [2.45, 2.75) is 51.3 Å². The van der Waals surface area contributed by atoms with Crippen LogP contribution in [0.15, 0.2) is 11.6 Å². The molecule has 0 aromatic heterocycles. The summed E-state index contributed by atoms with van der Waals surface area (Å²) in [7, 11) is 0. The Bertz CT molecular complexity index is 262. The molecule has 1 fully saturated rings. The Labute approximate surface area is 118 Å². The second kappa shape index (κ2) is 7.56. The van der Waals surface area contributed by atoms with Crippen LogP contribution in [0.25, 0.3) is 0 Å². The number of nitrogens with zero attached hydrogens (tertiary/aromatic N) is 1. The van der Waals surface area contributed by atoms with Crippen LogP contribution in [0.4, 0.5) is 0 Å². The maximum Gasteiger partial charge on any atom is 0.0225 e. The van der Waals surface area contributed by atoms with Crippen LogP contribution in [-0.4, -0.2) is 48.1 Å². The van der Waals surface area contributed by atoms with Crippen LogP contribution >= 0.6 is 11.8 Å². The topological polar surface area (TPSA) is 15.3 Å². The lowest BCUT2D eigenvalue weighted by molar-refractivity contribution is 0.213.